The van der Waals surface area contributed by atoms with E-state index in [1.54, 1.807) is 12.1 Å². The van der Waals surface area contributed by atoms with Crippen molar-refractivity contribution in [1.82, 2.24) is 5.32 Å². The maximum Gasteiger partial charge on any atom is 0.236 e. The van der Waals surface area contributed by atoms with Crippen molar-refractivity contribution in [2.24, 2.45) is 11.7 Å². The number of amides is 1. The summed E-state index contributed by atoms with van der Waals surface area (Å²) in [6.07, 6.45) is 2.66. The molecule has 1 aromatic rings. The lowest BCUT2D eigenvalue weighted by Crippen LogP contribution is -2.42. The van der Waals surface area contributed by atoms with Gasteiger partial charge in [-0.15, -0.1) is 12.4 Å². The van der Waals surface area contributed by atoms with Crippen molar-refractivity contribution < 1.29 is 9.18 Å². The van der Waals surface area contributed by atoms with Gasteiger partial charge in [-0.25, -0.2) is 4.39 Å². The minimum Gasteiger partial charge on any atom is -0.371 e. The van der Waals surface area contributed by atoms with E-state index in [0.29, 0.717) is 12.5 Å². The van der Waals surface area contributed by atoms with Crippen LogP contribution in [0.15, 0.2) is 24.3 Å². The number of nitrogens with two attached hydrogens (primary N) is 1. The molecule has 1 heterocycles. The van der Waals surface area contributed by atoms with Crippen molar-refractivity contribution in [3.8, 4) is 0 Å². The van der Waals surface area contributed by atoms with Crippen LogP contribution in [0.25, 0.3) is 0 Å². The van der Waals surface area contributed by atoms with Gasteiger partial charge in [0.05, 0.1) is 6.04 Å². The van der Waals surface area contributed by atoms with Crippen LogP contribution < -0.4 is 16.0 Å². The summed E-state index contributed by atoms with van der Waals surface area (Å²) in [6, 6.07) is 6.16. The zero-order valence-corrected chi connectivity index (χ0v) is 13.7. The second-order valence-electron chi connectivity index (χ2n) is 5.72. The summed E-state index contributed by atoms with van der Waals surface area (Å²) >= 11 is 0. The second-order valence-corrected chi connectivity index (χ2v) is 5.72. The van der Waals surface area contributed by atoms with Crippen LogP contribution in [0.3, 0.4) is 0 Å². The molecule has 0 saturated carbocycles. The van der Waals surface area contributed by atoms with E-state index in [0.717, 1.165) is 38.0 Å². The Morgan fingerprint density at radius 1 is 1.45 bits per heavy atom. The van der Waals surface area contributed by atoms with Gasteiger partial charge in [-0.3, -0.25) is 4.79 Å². The first kappa shape index (κ1) is 18.7. The Morgan fingerprint density at radius 2 is 2.14 bits per heavy atom. The van der Waals surface area contributed by atoms with E-state index in [1.165, 1.54) is 12.1 Å². The van der Waals surface area contributed by atoms with Gasteiger partial charge in [-0.05, 0) is 43.0 Å². The van der Waals surface area contributed by atoms with Crippen molar-refractivity contribution in [2.75, 3.05) is 24.5 Å². The molecule has 6 heteroatoms. The number of carbonyl (C=O) groups is 1. The second kappa shape index (κ2) is 8.96. The first-order valence-electron chi connectivity index (χ1n) is 7.64. The van der Waals surface area contributed by atoms with Gasteiger partial charge in [0, 0.05) is 25.3 Å². The first-order valence-corrected chi connectivity index (χ1v) is 7.64. The van der Waals surface area contributed by atoms with E-state index < -0.39 is 6.04 Å². The highest BCUT2D eigenvalue weighted by atomic mass is 35.5. The fourth-order valence-corrected chi connectivity index (χ4v) is 2.70. The molecule has 0 aromatic heterocycles. The quantitative estimate of drug-likeness (QED) is 0.842. The SMILES string of the molecule is CCCC(N)C(=O)NCC1CCN(c2ccc(F)cc2)C1.Cl. The topological polar surface area (TPSA) is 58.4 Å². The van der Waals surface area contributed by atoms with Crippen LogP contribution in [-0.2, 0) is 4.79 Å². The molecule has 1 fully saturated rings. The number of hydrogen-bond acceptors (Lipinski definition) is 3. The van der Waals surface area contributed by atoms with Crippen LogP contribution >= 0.6 is 12.4 Å². The molecule has 0 spiro atoms. The van der Waals surface area contributed by atoms with E-state index in [-0.39, 0.29) is 24.1 Å². The Morgan fingerprint density at radius 3 is 2.77 bits per heavy atom. The number of nitrogens with zero attached hydrogens (tertiary/aromatic N) is 1. The van der Waals surface area contributed by atoms with Gasteiger partial charge in [0.2, 0.25) is 5.91 Å². The smallest absolute Gasteiger partial charge is 0.236 e. The molecular weight excluding hydrogens is 305 g/mol. The van der Waals surface area contributed by atoms with Gasteiger partial charge >= 0.3 is 0 Å². The number of anilines is 1. The third-order valence-corrected chi connectivity index (χ3v) is 3.98. The molecule has 1 saturated heterocycles. The van der Waals surface area contributed by atoms with Gasteiger partial charge < -0.3 is 16.0 Å². The standard InChI is InChI=1S/C16H24FN3O.ClH/c1-2-3-15(18)16(21)19-10-12-8-9-20(11-12)14-6-4-13(17)5-7-14;/h4-7,12,15H,2-3,8-11,18H2,1H3,(H,19,21);1H. The van der Waals surface area contributed by atoms with Crippen LogP contribution in [0.1, 0.15) is 26.2 Å². The summed E-state index contributed by atoms with van der Waals surface area (Å²) < 4.78 is 12.9. The molecule has 0 bridgehead atoms. The van der Waals surface area contributed by atoms with Crippen molar-refractivity contribution in [2.45, 2.75) is 32.2 Å². The number of nitrogens with one attached hydrogen (secondary N) is 1. The maximum absolute atomic E-state index is 12.9. The fourth-order valence-electron chi connectivity index (χ4n) is 2.70. The molecule has 22 heavy (non-hydrogen) atoms. The average Bonchev–Trinajstić information content (AvgIpc) is 2.94. The molecule has 1 aromatic carbocycles. The summed E-state index contributed by atoms with van der Waals surface area (Å²) in [7, 11) is 0. The van der Waals surface area contributed by atoms with Gasteiger partial charge in [-0.1, -0.05) is 13.3 Å². The summed E-state index contributed by atoms with van der Waals surface area (Å²) in [4.78, 5) is 14.0. The van der Waals surface area contributed by atoms with Crippen LogP contribution in [0, 0.1) is 11.7 Å². The van der Waals surface area contributed by atoms with Crippen LogP contribution in [-0.4, -0.2) is 31.6 Å². The van der Waals surface area contributed by atoms with Crippen LogP contribution in [0.5, 0.6) is 0 Å². The molecule has 2 unspecified atom stereocenters. The Labute approximate surface area is 137 Å². The first-order chi connectivity index (χ1) is 10.1. The van der Waals surface area contributed by atoms with Gasteiger partial charge in [-0.2, -0.15) is 0 Å². The number of carbonyl (C=O) groups excluding carboxylic acids is 1. The lowest BCUT2D eigenvalue weighted by Gasteiger charge is -2.19. The summed E-state index contributed by atoms with van der Waals surface area (Å²) in [5.74, 6) is 0.150. The summed E-state index contributed by atoms with van der Waals surface area (Å²) in [6.45, 7) is 4.50. The lowest BCUT2D eigenvalue weighted by molar-refractivity contribution is -0.122. The molecule has 2 atom stereocenters. The normalized spacial score (nSPS) is 18.7. The molecule has 1 aliphatic rings. The molecule has 4 nitrogen and oxygen atoms in total. The monoisotopic (exact) mass is 329 g/mol. The highest BCUT2D eigenvalue weighted by Crippen LogP contribution is 2.23. The highest BCUT2D eigenvalue weighted by Gasteiger charge is 2.23. The maximum atomic E-state index is 12.9. The minimum absolute atomic E-state index is 0. The van der Waals surface area contributed by atoms with Gasteiger partial charge in [0.1, 0.15) is 5.82 Å². The Balaban J connectivity index is 0.00000242. The highest BCUT2D eigenvalue weighted by molar-refractivity contribution is 5.85. The van der Waals surface area contributed by atoms with E-state index in [2.05, 4.69) is 10.2 Å². The van der Waals surface area contributed by atoms with Crippen molar-refractivity contribution in [3.05, 3.63) is 30.1 Å². The third kappa shape index (κ3) is 5.14. The van der Waals surface area contributed by atoms with Crippen molar-refractivity contribution in [3.63, 3.8) is 0 Å². The predicted octanol–water partition coefficient (Wildman–Crippen LogP) is 2.32. The molecular formula is C16H25ClFN3O. The number of rotatable bonds is 6. The van der Waals surface area contributed by atoms with E-state index >= 15 is 0 Å². The molecule has 2 rings (SSSR count). The average molecular weight is 330 g/mol. The van der Waals surface area contributed by atoms with E-state index in [4.69, 9.17) is 5.73 Å². The number of benzene rings is 1. The van der Waals surface area contributed by atoms with E-state index in [1.807, 2.05) is 6.92 Å². The lowest BCUT2D eigenvalue weighted by atomic mass is 10.1. The Bertz CT molecular complexity index is 469. The zero-order chi connectivity index (χ0) is 15.2. The molecule has 0 radical (unpaired) electrons. The third-order valence-electron chi connectivity index (χ3n) is 3.98. The molecule has 0 aliphatic carbocycles. The van der Waals surface area contributed by atoms with Crippen molar-refractivity contribution in [1.29, 1.82) is 0 Å². The summed E-state index contributed by atoms with van der Waals surface area (Å²) in [5, 5.41) is 2.94. The minimum atomic E-state index is -0.399. The largest absolute Gasteiger partial charge is 0.371 e. The predicted molar refractivity (Wildman–Crippen MR) is 89.9 cm³/mol. The Kier molecular flexibility index (Phi) is 7.62. The van der Waals surface area contributed by atoms with Crippen molar-refractivity contribution >= 4 is 24.0 Å². The van der Waals surface area contributed by atoms with Crippen LogP contribution in [0.4, 0.5) is 10.1 Å². The van der Waals surface area contributed by atoms with E-state index in [9.17, 15) is 9.18 Å². The Hall–Kier alpha value is -1.33. The zero-order valence-electron chi connectivity index (χ0n) is 12.9. The molecule has 3 N–H and O–H groups in total. The number of halogens is 2. The fraction of sp³-hybridized carbons (Fsp3) is 0.562. The van der Waals surface area contributed by atoms with Gasteiger partial charge in [0.15, 0.2) is 0 Å². The molecule has 124 valence electrons. The van der Waals surface area contributed by atoms with Crippen LogP contribution in [0.2, 0.25) is 0 Å². The van der Waals surface area contributed by atoms with Gasteiger partial charge in [0.25, 0.3) is 0 Å². The molecule has 1 amide bonds. The summed E-state index contributed by atoms with van der Waals surface area (Å²) in [5.41, 5.74) is 6.82. The molecule has 1 aliphatic heterocycles. The number of hydrogen-bond donors (Lipinski definition) is 2.